The second-order valence-electron chi connectivity index (χ2n) is 3.06. The van der Waals surface area contributed by atoms with Crippen LogP contribution in [0, 0.1) is 0 Å². The highest BCUT2D eigenvalue weighted by Crippen LogP contribution is 2.17. The quantitative estimate of drug-likeness (QED) is 0.530. The topological polar surface area (TPSA) is 34.9 Å². The van der Waals surface area contributed by atoms with E-state index in [2.05, 4.69) is 11.7 Å². The van der Waals surface area contributed by atoms with E-state index in [1.54, 1.807) is 4.68 Å². The number of ketones is 1. The largest absolute Gasteiger partial charge is 0.287 e. The molecular formula is C11H10N2O. The van der Waals surface area contributed by atoms with Gasteiger partial charge in [-0.25, -0.2) is 0 Å². The number of carbonyl (C=O) groups excluding carboxylic acids is 1. The van der Waals surface area contributed by atoms with Gasteiger partial charge in [0.05, 0.1) is 5.52 Å². The molecular weight excluding hydrogens is 176 g/mol. The molecule has 0 bridgehead atoms. The Morgan fingerprint density at radius 3 is 2.93 bits per heavy atom. The fourth-order valence-corrected chi connectivity index (χ4v) is 1.49. The zero-order valence-electron chi connectivity index (χ0n) is 7.90. The molecule has 0 amide bonds. The fraction of sp³-hybridized carbons (Fsp3) is 0.0909. The molecule has 2 aromatic rings. The van der Waals surface area contributed by atoms with E-state index in [9.17, 15) is 4.79 Å². The van der Waals surface area contributed by atoms with Crippen LogP contribution < -0.4 is 0 Å². The Morgan fingerprint density at radius 1 is 1.50 bits per heavy atom. The number of fused-ring (bicyclic) bond motifs is 1. The van der Waals surface area contributed by atoms with Crippen LogP contribution in [-0.4, -0.2) is 15.6 Å². The normalized spacial score (nSPS) is 10.4. The standard InChI is InChI=1S/C11H10N2O/c1-3-10(14)11-8-6-4-5-7-9(8)13(2)12-11/h3-7H,1H2,2H3. The maximum Gasteiger partial charge on any atom is 0.206 e. The van der Waals surface area contributed by atoms with E-state index in [0.29, 0.717) is 5.69 Å². The molecule has 14 heavy (non-hydrogen) atoms. The van der Waals surface area contributed by atoms with Gasteiger partial charge >= 0.3 is 0 Å². The van der Waals surface area contributed by atoms with E-state index in [1.165, 1.54) is 6.08 Å². The van der Waals surface area contributed by atoms with Crippen molar-refractivity contribution in [2.24, 2.45) is 7.05 Å². The van der Waals surface area contributed by atoms with Crippen molar-refractivity contribution in [1.29, 1.82) is 0 Å². The van der Waals surface area contributed by atoms with Crippen LogP contribution in [0.3, 0.4) is 0 Å². The smallest absolute Gasteiger partial charge is 0.206 e. The molecule has 0 unspecified atom stereocenters. The lowest BCUT2D eigenvalue weighted by Gasteiger charge is -1.90. The van der Waals surface area contributed by atoms with E-state index in [-0.39, 0.29) is 5.78 Å². The number of hydrogen-bond acceptors (Lipinski definition) is 2. The minimum Gasteiger partial charge on any atom is -0.287 e. The first-order valence-corrected chi connectivity index (χ1v) is 4.32. The van der Waals surface area contributed by atoms with Gasteiger partial charge in [0.25, 0.3) is 0 Å². The van der Waals surface area contributed by atoms with Gasteiger partial charge in [-0.15, -0.1) is 0 Å². The lowest BCUT2D eigenvalue weighted by molar-refractivity contribution is 0.104. The Kier molecular flexibility index (Phi) is 1.93. The number of nitrogens with zero attached hydrogens (tertiary/aromatic N) is 2. The lowest BCUT2D eigenvalue weighted by atomic mass is 10.1. The molecule has 0 saturated carbocycles. The van der Waals surface area contributed by atoms with Crippen LogP contribution >= 0.6 is 0 Å². The summed E-state index contributed by atoms with van der Waals surface area (Å²) in [6, 6.07) is 7.64. The van der Waals surface area contributed by atoms with Gasteiger partial charge in [-0.2, -0.15) is 5.10 Å². The third kappa shape index (κ3) is 1.14. The van der Waals surface area contributed by atoms with Gasteiger partial charge in [0, 0.05) is 12.4 Å². The summed E-state index contributed by atoms with van der Waals surface area (Å²) < 4.78 is 1.70. The summed E-state index contributed by atoms with van der Waals surface area (Å²) in [6.07, 6.45) is 1.29. The zero-order chi connectivity index (χ0) is 10.1. The Hall–Kier alpha value is -1.90. The van der Waals surface area contributed by atoms with E-state index >= 15 is 0 Å². The molecule has 0 atom stereocenters. The Balaban J connectivity index is 2.78. The van der Waals surface area contributed by atoms with Crippen LogP contribution in [0.1, 0.15) is 10.5 Å². The van der Waals surface area contributed by atoms with Gasteiger partial charge in [0.15, 0.2) is 0 Å². The maximum atomic E-state index is 11.4. The summed E-state index contributed by atoms with van der Waals surface area (Å²) in [7, 11) is 1.82. The van der Waals surface area contributed by atoms with E-state index in [0.717, 1.165) is 10.9 Å². The molecule has 0 N–H and O–H groups in total. The number of hydrogen-bond donors (Lipinski definition) is 0. The Labute approximate surface area is 81.7 Å². The lowest BCUT2D eigenvalue weighted by Crippen LogP contribution is -1.97. The number of aryl methyl sites for hydroxylation is 1. The third-order valence-corrected chi connectivity index (χ3v) is 2.18. The molecule has 0 aliphatic heterocycles. The SMILES string of the molecule is C=CC(=O)c1nn(C)c2ccccc12. The monoisotopic (exact) mass is 186 g/mol. The second-order valence-corrected chi connectivity index (χ2v) is 3.06. The van der Waals surface area contributed by atoms with Crippen LogP contribution in [0.5, 0.6) is 0 Å². The third-order valence-electron chi connectivity index (χ3n) is 2.18. The number of carbonyl (C=O) groups is 1. The van der Waals surface area contributed by atoms with Crippen molar-refractivity contribution in [2.45, 2.75) is 0 Å². The summed E-state index contributed by atoms with van der Waals surface area (Å²) >= 11 is 0. The van der Waals surface area contributed by atoms with Crippen molar-refractivity contribution in [3.8, 4) is 0 Å². The van der Waals surface area contributed by atoms with Gasteiger partial charge in [-0.3, -0.25) is 9.48 Å². The van der Waals surface area contributed by atoms with Crippen molar-refractivity contribution in [1.82, 2.24) is 9.78 Å². The highest BCUT2D eigenvalue weighted by atomic mass is 16.1. The van der Waals surface area contributed by atoms with Gasteiger partial charge in [0.1, 0.15) is 5.69 Å². The van der Waals surface area contributed by atoms with Crippen LogP contribution in [0.2, 0.25) is 0 Å². The van der Waals surface area contributed by atoms with Gasteiger partial charge in [0.2, 0.25) is 5.78 Å². The Morgan fingerprint density at radius 2 is 2.21 bits per heavy atom. The molecule has 0 aliphatic rings. The molecule has 1 aromatic carbocycles. The fourth-order valence-electron chi connectivity index (χ4n) is 1.49. The highest BCUT2D eigenvalue weighted by molar-refractivity contribution is 6.11. The summed E-state index contributed by atoms with van der Waals surface area (Å²) in [4.78, 5) is 11.4. The Bertz CT molecular complexity index is 511. The summed E-state index contributed by atoms with van der Waals surface area (Å²) in [6.45, 7) is 3.45. The average Bonchev–Trinajstić information content (AvgIpc) is 2.56. The van der Waals surface area contributed by atoms with E-state index in [1.807, 2.05) is 31.3 Å². The summed E-state index contributed by atoms with van der Waals surface area (Å²) in [5.74, 6) is -0.137. The predicted molar refractivity (Wildman–Crippen MR) is 55.2 cm³/mol. The van der Waals surface area contributed by atoms with Crippen molar-refractivity contribution in [2.75, 3.05) is 0 Å². The summed E-state index contributed by atoms with van der Waals surface area (Å²) in [5, 5.41) is 5.03. The molecule has 2 rings (SSSR count). The first kappa shape index (κ1) is 8.69. The van der Waals surface area contributed by atoms with Crippen LogP contribution in [0.15, 0.2) is 36.9 Å². The van der Waals surface area contributed by atoms with Crippen LogP contribution in [0.25, 0.3) is 10.9 Å². The van der Waals surface area contributed by atoms with Crippen molar-refractivity contribution in [3.63, 3.8) is 0 Å². The van der Waals surface area contributed by atoms with Gasteiger partial charge in [-0.1, -0.05) is 24.8 Å². The molecule has 70 valence electrons. The number of benzene rings is 1. The predicted octanol–water partition coefficient (Wildman–Crippen LogP) is 1.94. The van der Waals surface area contributed by atoms with Crippen molar-refractivity contribution < 1.29 is 4.79 Å². The molecule has 0 spiro atoms. The molecule has 3 nitrogen and oxygen atoms in total. The molecule has 0 radical (unpaired) electrons. The number of para-hydroxylation sites is 1. The van der Waals surface area contributed by atoms with E-state index in [4.69, 9.17) is 0 Å². The molecule has 1 heterocycles. The molecule has 0 saturated heterocycles. The number of aromatic nitrogens is 2. The maximum absolute atomic E-state index is 11.4. The molecule has 1 aromatic heterocycles. The minimum absolute atomic E-state index is 0.137. The van der Waals surface area contributed by atoms with Crippen molar-refractivity contribution >= 4 is 16.7 Å². The summed E-state index contributed by atoms with van der Waals surface area (Å²) in [5.41, 5.74) is 1.43. The number of allylic oxidation sites excluding steroid dienone is 1. The highest BCUT2D eigenvalue weighted by Gasteiger charge is 2.11. The molecule has 3 heteroatoms. The van der Waals surface area contributed by atoms with Crippen LogP contribution in [0.4, 0.5) is 0 Å². The first-order chi connectivity index (χ1) is 6.74. The molecule has 0 aliphatic carbocycles. The second kappa shape index (κ2) is 3.10. The first-order valence-electron chi connectivity index (χ1n) is 4.32. The minimum atomic E-state index is -0.137. The molecule has 0 fully saturated rings. The number of rotatable bonds is 2. The average molecular weight is 186 g/mol. The van der Waals surface area contributed by atoms with Gasteiger partial charge in [-0.05, 0) is 12.1 Å². The van der Waals surface area contributed by atoms with E-state index < -0.39 is 0 Å². The van der Waals surface area contributed by atoms with Crippen LogP contribution in [-0.2, 0) is 7.05 Å². The van der Waals surface area contributed by atoms with Crippen molar-refractivity contribution in [3.05, 3.63) is 42.6 Å². The zero-order valence-corrected chi connectivity index (χ0v) is 7.90. The van der Waals surface area contributed by atoms with Gasteiger partial charge < -0.3 is 0 Å².